The summed E-state index contributed by atoms with van der Waals surface area (Å²) in [7, 11) is 0. The van der Waals surface area contributed by atoms with Gasteiger partial charge in [0, 0.05) is 18.1 Å². The van der Waals surface area contributed by atoms with Gasteiger partial charge in [-0.2, -0.15) is 0 Å². The molecule has 0 saturated heterocycles. The number of carbonyl (C=O) groups excluding carboxylic acids is 1. The predicted molar refractivity (Wildman–Crippen MR) is 95.7 cm³/mol. The minimum absolute atomic E-state index is 0.254. The smallest absolute Gasteiger partial charge is 0.407 e. The predicted octanol–water partition coefficient (Wildman–Crippen LogP) is 4.00. The lowest BCUT2D eigenvalue weighted by Gasteiger charge is -2.40. The van der Waals surface area contributed by atoms with Crippen molar-refractivity contribution in [1.29, 1.82) is 0 Å². The van der Waals surface area contributed by atoms with Crippen LogP contribution in [0.15, 0.2) is 30.3 Å². The summed E-state index contributed by atoms with van der Waals surface area (Å²) >= 11 is 0. The van der Waals surface area contributed by atoms with E-state index in [2.05, 4.69) is 17.6 Å². The third-order valence-electron chi connectivity index (χ3n) is 5.53. The molecule has 2 aliphatic carbocycles. The molecule has 2 N–H and O–H groups in total. The average Bonchev–Trinajstić information content (AvgIpc) is 2.59. The summed E-state index contributed by atoms with van der Waals surface area (Å²) in [5.41, 5.74) is 1.02. The van der Waals surface area contributed by atoms with Crippen LogP contribution in [0.5, 0.6) is 0 Å². The van der Waals surface area contributed by atoms with Crippen molar-refractivity contribution in [2.75, 3.05) is 0 Å². The first kappa shape index (κ1) is 17.3. The summed E-state index contributed by atoms with van der Waals surface area (Å²) < 4.78 is 5.28. The zero-order chi connectivity index (χ0) is 16.8. The van der Waals surface area contributed by atoms with E-state index in [1.54, 1.807) is 0 Å². The normalized spacial score (nSPS) is 25.5. The number of alkyl carbamates (subject to hydrolysis) is 1. The highest BCUT2D eigenvalue weighted by Gasteiger charge is 2.32. The number of ether oxygens (including phenoxy) is 1. The molecule has 0 unspecified atom stereocenters. The van der Waals surface area contributed by atoms with Crippen molar-refractivity contribution in [3.8, 4) is 0 Å². The lowest BCUT2D eigenvalue weighted by atomic mass is 9.81. The van der Waals surface area contributed by atoms with E-state index < -0.39 is 0 Å². The lowest BCUT2D eigenvalue weighted by Crippen LogP contribution is -2.55. The Kier molecular flexibility index (Phi) is 6.13. The van der Waals surface area contributed by atoms with Crippen molar-refractivity contribution < 1.29 is 9.53 Å². The SMILES string of the molecule is C[C@@H](NC1CC(NC(=O)OCc2ccccc2)C1)C1CCCCC1. The van der Waals surface area contributed by atoms with Crippen LogP contribution in [0.3, 0.4) is 0 Å². The average molecular weight is 330 g/mol. The first-order chi connectivity index (χ1) is 11.7. The minimum Gasteiger partial charge on any atom is -0.445 e. The quantitative estimate of drug-likeness (QED) is 0.829. The van der Waals surface area contributed by atoms with Gasteiger partial charge in [0.1, 0.15) is 6.61 Å². The molecule has 2 aliphatic rings. The van der Waals surface area contributed by atoms with Crippen molar-refractivity contribution in [1.82, 2.24) is 10.6 Å². The van der Waals surface area contributed by atoms with Crippen LogP contribution in [0.25, 0.3) is 0 Å². The summed E-state index contributed by atoms with van der Waals surface area (Å²) in [6.45, 7) is 2.66. The third kappa shape index (κ3) is 4.97. The standard InChI is InChI=1S/C20H30N2O2/c1-15(17-10-6-3-7-11-17)21-18-12-19(13-18)22-20(23)24-14-16-8-4-2-5-9-16/h2,4-5,8-9,15,17-19,21H,3,6-7,10-14H2,1H3,(H,22,23)/t15-,18?,19?/m1/s1. The van der Waals surface area contributed by atoms with Gasteiger partial charge in [-0.1, -0.05) is 49.6 Å². The molecule has 1 aromatic rings. The number of nitrogens with one attached hydrogen (secondary N) is 2. The van der Waals surface area contributed by atoms with Gasteiger partial charge in [0.2, 0.25) is 0 Å². The van der Waals surface area contributed by atoms with Gasteiger partial charge < -0.3 is 15.4 Å². The van der Waals surface area contributed by atoms with Crippen LogP contribution >= 0.6 is 0 Å². The Labute approximate surface area is 145 Å². The van der Waals surface area contributed by atoms with E-state index in [1.807, 2.05) is 30.3 Å². The number of carbonyl (C=O) groups is 1. The van der Waals surface area contributed by atoms with Gasteiger partial charge >= 0.3 is 6.09 Å². The van der Waals surface area contributed by atoms with Crippen molar-refractivity contribution in [3.05, 3.63) is 35.9 Å². The first-order valence-electron chi connectivity index (χ1n) is 9.44. The summed E-state index contributed by atoms with van der Waals surface area (Å²) in [5.74, 6) is 0.835. The largest absolute Gasteiger partial charge is 0.445 e. The van der Waals surface area contributed by atoms with Crippen LogP contribution in [-0.4, -0.2) is 24.2 Å². The fraction of sp³-hybridized carbons (Fsp3) is 0.650. The topological polar surface area (TPSA) is 50.4 Å². The van der Waals surface area contributed by atoms with Crippen LogP contribution in [-0.2, 0) is 11.3 Å². The van der Waals surface area contributed by atoms with Gasteiger partial charge in [0.25, 0.3) is 0 Å². The summed E-state index contributed by atoms with van der Waals surface area (Å²) in [5, 5.41) is 6.72. The van der Waals surface area contributed by atoms with Crippen molar-refractivity contribution in [2.45, 2.75) is 76.6 Å². The Bertz CT molecular complexity index is 508. The zero-order valence-electron chi connectivity index (χ0n) is 14.7. The van der Waals surface area contributed by atoms with Crippen LogP contribution in [0, 0.1) is 5.92 Å². The fourth-order valence-corrected chi connectivity index (χ4v) is 3.95. The molecule has 1 atom stereocenters. The van der Waals surface area contributed by atoms with Crippen molar-refractivity contribution >= 4 is 6.09 Å². The molecule has 24 heavy (non-hydrogen) atoms. The molecule has 0 radical (unpaired) electrons. The number of hydrogen-bond acceptors (Lipinski definition) is 3. The molecule has 0 aromatic heterocycles. The Balaban J connectivity index is 1.29. The van der Waals surface area contributed by atoms with Crippen molar-refractivity contribution in [2.24, 2.45) is 5.92 Å². The second-order valence-corrected chi connectivity index (χ2v) is 7.42. The maximum Gasteiger partial charge on any atom is 0.407 e. The molecular formula is C20H30N2O2. The molecule has 2 saturated carbocycles. The van der Waals surface area contributed by atoms with E-state index in [-0.39, 0.29) is 12.1 Å². The van der Waals surface area contributed by atoms with E-state index in [0.29, 0.717) is 18.7 Å². The molecule has 3 rings (SSSR count). The van der Waals surface area contributed by atoms with Gasteiger partial charge in [-0.05, 0) is 44.1 Å². The van der Waals surface area contributed by atoms with Gasteiger partial charge in [0.05, 0.1) is 0 Å². The molecular weight excluding hydrogens is 300 g/mol. The Hall–Kier alpha value is -1.55. The highest BCUT2D eigenvalue weighted by molar-refractivity contribution is 5.67. The highest BCUT2D eigenvalue weighted by Crippen LogP contribution is 2.28. The second-order valence-electron chi connectivity index (χ2n) is 7.42. The van der Waals surface area contributed by atoms with Crippen molar-refractivity contribution in [3.63, 3.8) is 0 Å². The Morgan fingerprint density at radius 1 is 1.12 bits per heavy atom. The van der Waals surface area contributed by atoms with Crippen LogP contribution in [0.4, 0.5) is 4.79 Å². The third-order valence-corrected chi connectivity index (χ3v) is 5.53. The van der Waals surface area contributed by atoms with Crippen LogP contribution in [0.1, 0.15) is 57.4 Å². The molecule has 1 amide bonds. The van der Waals surface area contributed by atoms with Crippen LogP contribution in [0.2, 0.25) is 0 Å². The van der Waals surface area contributed by atoms with Crippen LogP contribution < -0.4 is 10.6 Å². The summed E-state index contributed by atoms with van der Waals surface area (Å²) in [6.07, 6.45) is 8.64. The second kappa shape index (κ2) is 8.52. The molecule has 0 bridgehead atoms. The van der Waals surface area contributed by atoms with E-state index in [1.165, 1.54) is 32.1 Å². The lowest BCUT2D eigenvalue weighted by molar-refractivity contribution is 0.122. The van der Waals surface area contributed by atoms with E-state index >= 15 is 0 Å². The molecule has 0 aliphatic heterocycles. The highest BCUT2D eigenvalue weighted by atomic mass is 16.5. The Morgan fingerprint density at radius 3 is 2.54 bits per heavy atom. The van der Waals surface area contributed by atoms with Gasteiger partial charge in [-0.25, -0.2) is 4.79 Å². The maximum absolute atomic E-state index is 11.8. The summed E-state index contributed by atoms with van der Waals surface area (Å²) in [4.78, 5) is 11.8. The monoisotopic (exact) mass is 330 g/mol. The number of benzene rings is 1. The van der Waals surface area contributed by atoms with Gasteiger partial charge in [-0.3, -0.25) is 0 Å². The number of rotatable bonds is 6. The molecule has 0 spiro atoms. The molecule has 1 aromatic carbocycles. The Morgan fingerprint density at radius 2 is 1.83 bits per heavy atom. The van der Waals surface area contributed by atoms with E-state index in [0.717, 1.165) is 24.3 Å². The molecule has 132 valence electrons. The van der Waals surface area contributed by atoms with E-state index in [9.17, 15) is 4.79 Å². The summed E-state index contributed by atoms with van der Waals surface area (Å²) in [6, 6.07) is 11.2. The van der Waals surface area contributed by atoms with Gasteiger partial charge in [-0.15, -0.1) is 0 Å². The maximum atomic E-state index is 11.8. The van der Waals surface area contributed by atoms with E-state index in [4.69, 9.17) is 4.74 Å². The molecule has 4 nitrogen and oxygen atoms in total. The molecule has 0 heterocycles. The molecule has 4 heteroatoms. The fourth-order valence-electron chi connectivity index (χ4n) is 3.95. The zero-order valence-corrected chi connectivity index (χ0v) is 14.7. The first-order valence-corrected chi connectivity index (χ1v) is 9.44. The van der Waals surface area contributed by atoms with Gasteiger partial charge in [0.15, 0.2) is 0 Å². The number of amides is 1. The minimum atomic E-state index is -0.303. The number of hydrogen-bond donors (Lipinski definition) is 2. The molecule has 2 fully saturated rings.